The molecule has 0 saturated heterocycles. The first kappa shape index (κ1) is 12.9. The van der Waals surface area contributed by atoms with Crippen LogP contribution in [0.4, 0.5) is 5.82 Å². The Morgan fingerprint density at radius 2 is 2.25 bits per heavy atom. The van der Waals surface area contributed by atoms with Gasteiger partial charge in [0.15, 0.2) is 0 Å². The van der Waals surface area contributed by atoms with Crippen molar-refractivity contribution in [3.05, 3.63) is 23.9 Å². The molecule has 1 unspecified atom stereocenters. The normalized spacial score (nSPS) is 12.5. The van der Waals surface area contributed by atoms with E-state index in [1.54, 1.807) is 7.11 Å². The van der Waals surface area contributed by atoms with Gasteiger partial charge in [-0.3, -0.25) is 0 Å². The minimum atomic E-state index is 0.339. The Kier molecular flexibility index (Phi) is 5.22. The molecular weight excluding hydrogens is 202 g/mol. The lowest BCUT2D eigenvalue weighted by Crippen LogP contribution is -2.23. The summed E-state index contributed by atoms with van der Waals surface area (Å²) in [4.78, 5) is 6.51. The lowest BCUT2D eigenvalue weighted by atomic mass is 10.1. The molecular formula is C12H21N3O. The van der Waals surface area contributed by atoms with Crippen molar-refractivity contribution in [3.63, 3.8) is 0 Å². The second kappa shape index (κ2) is 6.45. The highest BCUT2D eigenvalue weighted by Crippen LogP contribution is 2.14. The standard InChI is InChI=1S/C12H21N3O/c1-10(13-2)11-5-6-12(14-9-11)15(3)7-8-16-4/h5-6,9-10,13H,7-8H2,1-4H3. The van der Waals surface area contributed by atoms with Crippen molar-refractivity contribution in [2.24, 2.45) is 0 Å². The number of nitrogens with zero attached hydrogens (tertiary/aromatic N) is 2. The average Bonchev–Trinajstić information content (AvgIpc) is 2.35. The molecule has 0 aromatic carbocycles. The Hall–Kier alpha value is -1.13. The number of ether oxygens (including phenoxy) is 1. The lowest BCUT2D eigenvalue weighted by Gasteiger charge is -2.18. The van der Waals surface area contributed by atoms with Crippen molar-refractivity contribution in [2.45, 2.75) is 13.0 Å². The lowest BCUT2D eigenvalue weighted by molar-refractivity contribution is 0.206. The molecule has 4 heteroatoms. The van der Waals surface area contributed by atoms with E-state index in [2.05, 4.69) is 28.2 Å². The fourth-order valence-electron chi connectivity index (χ4n) is 1.39. The van der Waals surface area contributed by atoms with Crippen LogP contribution in [-0.4, -0.2) is 39.3 Å². The van der Waals surface area contributed by atoms with E-state index in [1.165, 1.54) is 5.56 Å². The summed E-state index contributed by atoms with van der Waals surface area (Å²) in [5.41, 5.74) is 1.20. The summed E-state index contributed by atoms with van der Waals surface area (Å²) >= 11 is 0. The van der Waals surface area contributed by atoms with Crippen molar-refractivity contribution in [1.29, 1.82) is 0 Å². The third kappa shape index (κ3) is 3.47. The molecule has 4 nitrogen and oxygen atoms in total. The second-order valence-electron chi connectivity index (χ2n) is 3.87. The van der Waals surface area contributed by atoms with Crippen LogP contribution < -0.4 is 10.2 Å². The number of rotatable bonds is 6. The number of aromatic nitrogens is 1. The maximum atomic E-state index is 5.03. The van der Waals surface area contributed by atoms with Gasteiger partial charge in [-0.25, -0.2) is 4.98 Å². The van der Waals surface area contributed by atoms with Crippen molar-refractivity contribution in [3.8, 4) is 0 Å². The summed E-state index contributed by atoms with van der Waals surface area (Å²) < 4.78 is 5.03. The number of hydrogen-bond donors (Lipinski definition) is 1. The minimum absolute atomic E-state index is 0.339. The molecule has 90 valence electrons. The van der Waals surface area contributed by atoms with Crippen molar-refractivity contribution < 1.29 is 4.74 Å². The zero-order chi connectivity index (χ0) is 12.0. The van der Waals surface area contributed by atoms with Crippen molar-refractivity contribution >= 4 is 5.82 Å². The number of methoxy groups -OCH3 is 1. The second-order valence-corrected chi connectivity index (χ2v) is 3.87. The van der Waals surface area contributed by atoms with Crippen LogP contribution in [-0.2, 0) is 4.74 Å². The Morgan fingerprint density at radius 3 is 2.75 bits per heavy atom. The molecule has 0 saturated carbocycles. The average molecular weight is 223 g/mol. The number of nitrogens with one attached hydrogen (secondary N) is 1. The summed E-state index contributed by atoms with van der Waals surface area (Å²) in [7, 11) is 5.67. The SMILES string of the molecule is CNC(C)c1ccc(N(C)CCOC)nc1. The van der Waals surface area contributed by atoms with Gasteiger partial charge in [-0.05, 0) is 25.6 Å². The summed E-state index contributed by atoms with van der Waals surface area (Å²) in [5.74, 6) is 0.976. The quantitative estimate of drug-likeness (QED) is 0.792. The van der Waals surface area contributed by atoms with Crippen LogP contribution >= 0.6 is 0 Å². The molecule has 0 amide bonds. The van der Waals surface area contributed by atoms with E-state index in [9.17, 15) is 0 Å². The minimum Gasteiger partial charge on any atom is -0.383 e. The predicted molar refractivity (Wildman–Crippen MR) is 66.9 cm³/mol. The molecule has 1 heterocycles. The molecule has 1 rings (SSSR count). The summed E-state index contributed by atoms with van der Waals surface area (Å²) in [6.45, 7) is 3.68. The Morgan fingerprint density at radius 1 is 1.50 bits per heavy atom. The molecule has 0 aliphatic rings. The van der Waals surface area contributed by atoms with E-state index in [0.717, 1.165) is 12.4 Å². The summed E-state index contributed by atoms with van der Waals surface area (Å²) in [5, 5.41) is 3.19. The van der Waals surface area contributed by atoms with E-state index in [4.69, 9.17) is 4.74 Å². The molecule has 0 aliphatic heterocycles. The summed E-state index contributed by atoms with van der Waals surface area (Å²) in [6, 6.07) is 4.48. The van der Waals surface area contributed by atoms with Gasteiger partial charge in [0.2, 0.25) is 0 Å². The maximum Gasteiger partial charge on any atom is 0.128 e. The number of hydrogen-bond acceptors (Lipinski definition) is 4. The number of pyridine rings is 1. The van der Waals surface area contributed by atoms with Crippen LogP contribution in [0.5, 0.6) is 0 Å². The Balaban J connectivity index is 2.63. The molecule has 0 fully saturated rings. The van der Waals surface area contributed by atoms with Gasteiger partial charge in [-0.2, -0.15) is 0 Å². The van der Waals surface area contributed by atoms with Crippen molar-refractivity contribution in [1.82, 2.24) is 10.3 Å². The highest BCUT2D eigenvalue weighted by Gasteiger charge is 2.05. The van der Waals surface area contributed by atoms with Crippen LogP contribution in [0.25, 0.3) is 0 Å². The number of anilines is 1. The third-order valence-corrected chi connectivity index (χ3v) is 2.73. The first-order valence-corrected chi connectivity index (χ1v) is 5.52. The first-order chi connectivity index (χ1) is 7.69. The van der Waals surface area contributed by atoms with Crippen LogP contribution in [0.1, 0.15) is 18.5 Å². The Bertz CT molecular complexity index is 300. The van der Waals surface area contributed by atoms with Gasteiger partial charge < -0.3 is 15.0 Å². The highest BCUT2D eigenvalue weighted by molar-refractivity contribution is 5.38. The molecule has 0 radical (unpaired) electrons. The number of likely N-dealkylation sites (N-methyl/N-ethyl adjacent to an activating group) is 1. The fourth-order valence-corrected chi connectivity index (χ4v) is 1.39. The van der Waals surface area contributed by atoms with Crippen LogP contribution in [0, 0.1) is 0 Å². The fraction of sp³-hybridized carbons (Fsp3) is 0.583. The van der Waals surface area contributed by atoms with E-state index in [-0.39, 0.29) is 0 Å². The zero-order valence-electron chi connectivity index (χ0n) is 10.5. The largest absolute Gasteiger partial charge is 0.383 e. The van der Waals surface area contributed by atoms with Crippen LogP contribution in [0.15, 0.2) is 18.3 Å². The molecule has 1 N–H and O–H groups in total. The topological polar surface area (TPSA) is 37.4 Å². The van der Waals surface area contributed by atoms with Crippen LogP contribution in [0.2, 0.25) is 0 Å². The summed E-state index contributed by atoms with van der Waals surface area (Å²) in [6.07, 6.45) is 1.92. The van der Waals surface area contributed by atoms with Gasteiger partial charge >= 0.3 is 0 Å². The van der Waals surface area contributed by atoms with Gasteiger partial charge in [0.05, 0.1) is 6.61 Å². The van der Waals surface area contributed by atoms with Gasteiger partial charge in [-0.15, -0.1) is 0 Å². The molecule has 1 atom stereocenters. The third-order valence-electron chi connectivity index (χ3n) is 2.73. The molecule has 0 aliphatic carbocycles. The monoisotopic (exact) mass is 223 g/mol. The van der Waals surface area contributed by atoms with Gasteiger partial charge in [0, 0.05) is 32.9 Å². The van der Waals surface area contributed by atoms with Crippen LogP contribution in [0.3, 0.4) is 0 Å². The molecule has 1 aromatic heterocycles. The smallest absolute Gasteiger partial charge is 0.128 e. The van der Waals surface area contributed by atoms with E-state index in [0.29, 0.717) is 12.6 Å². The van der Waals surface area contributed by atoms with E-state index < -0.39 is 0 Å². The molecule has 0 bridgehead atoms. The molecule has 16 heavy (non-hydrogen) atoms. The van der Waals surface area contributed by atoms with Crippen molar-refractivity contribution in [2.75, 3.05) is 39.3 Å². The Labute approximate surface area is 97.6 Å². The van der Waals surface area contributed by atoms with E-state index >= 15 is 0 Å². The maximum absolute atomic E-state index is 5.03. The predicted octanol–water partition coefficient (Wildman–Crippen LogP) is 1.44. The highest BCUT2D eigenvalue weighted by atomic mass is 16.5. The first-order valence-electron chi connectivity index (χ1n) is 5.52. The van der Waals surface area contributed by atoms with Gasteiger partial charge in [0.25, 0.3) is 0 Å². The molecule has 0 spiro atoms. The van der Waals surface area contributed by atoms with Gasteiger partial charge in [-0.1, -0.05) is 6.07 Å². The zero-order valence-corrected chi connectivity index (χ0v) is 10.5. The van der Waals surface area contributed by atoms with Gasteiger partial charge in [0.1, 0.15) is 5.82 Å². The molecule has 1 aromatic rings. The van der Waals surface area contributed by atoms with E-state index in [1.807, 2.05) is 26.4 Å².